The van der Waals surface area contributed by atoms with Crippen LogP contribution in [-0.4, -0.2) is 5.91 Å². The van der Waals surface area contributed by atoms with Crippen molar-refractivity contribution in [2.45, 2.75) is 26.7 Å². The number of nitrogens with one attached hydrogen (secondary N) is 1. The van der Waals surface area contributed by atoms with Gasteiger partial charge in [-0.05, 0) is 18.1 Å². The lowest BCUT2D eigenvalue weighted by molar-refractivity contribution is -0.116. The van der Waals surface area contributed by atoms with Gasteiger partial charge in [0.2, 0.25) is 5.91 Å². The average molecular weight is 177 g/mol. The van der Waals surface area contributed by atoms with E-state index in [4.69, 9.17) is 0 Å². The smallest absolute Gasteiger partial charge is 0.224 e. The van der Waals surface area contributed by atoms with Crippen molar-refractivity contribution in [1.29, 1.82) is 0 Å². The maximum absolute atomic E-state index is 10.9. The monoisotopic (exact) mass is 177 g/mol. The van der Waals surface area contributed by atoms with E-state index in [-0.39, 0.29) is 5.91 Å². The van der Waals surface area contributed by atoms with Crippen molar-refractivity contribution >= 4 is 11.6 Å². The summed E-state index contributed by atoms with van der Waals surface area (Å²) in [5, 5.41) is 2.82. The zero-order chi connectivity index (χ0) is 9.68. The molecule has 0 radical (unpaired) electrons. The predicted octanol–water partition coefficient (Wildman–Crippen LogP) is 2.60. The quantitative estimate of drug-likeness (QED) is 0.648. The van der Waals surface area contributed by atoms with Gasteiger partial charge in [0.05, 0.1) is 0 Å². The summed E-state index contributed by atoms with van der Waals surface area (Å²) >= 11 is 0. The van der Waals surface area contributed by atoms with Gasteiger partial charge in [-0.2, -0.15) is 0 Å². The molecule has 13 heavy (non-hydrogen) atoms. The molecule has 0 fully saturated rings. The fraction of sp³-hybridized carbons (Fsp3) is 0.364. The van der Waals surface area contributed by atoms with E-state index >= 15 is 0 Å². The molecule has 2 heteroatoms. The first-order chi connectivity index (χ1) is 6.36. The van der Waals surface area contributed by atoms with Gasteiger partial charge in [0, 0.05) is 12.1 Å². The van der Waals surface area contributed by atoms with Gasteiger partial charge in [0.1, 0.15) is 0 Å². The molecule has 1 heterocycles. The van der Waals surface area contributed by atoms with Crippen LogP contribution >= 0.6 is 0 Å². The maximum atomic E-state index is 10.9. The normalized spacial score (nSPS) is 13.5. The number of carbonyl (C=O) groups excluding carboxylic acids is 1. The van der Waals surface area contributed by atoms with Crippen LogP contribution < -0.4 is 5.32 Å². The number of rotatable bonds is 0. The summed E-state index contributed by atoms with van der Waals surface area (Å²) in [6.07, 6.45) is 1.50. The molecule has 0 saturated heterocycles. The van der Waals surface area contributed by atoms with Gasteiger partial charge in [0.25, 0.3) is 0 Å². The van der Waals surface area contributed by atoms with E-state index < -0.39 is 0 Å². The third kappa shape index (κ3) is 2.31. The van der Waals surface area contributed by atoms with Gasteiger partial charge in [-0.3, -0.25) is 4.79 Å². The third-order valence-electron chi connectivity index (χ3n) is 1.91. The minimum Gasteiger partial charge on any atom is -0.326 e. The third-order valence-corrected chi connectivity index (χ3v) is 1.91. The highest BCUT2D eigenvalue weighted by Crippen LogP contribution is 2.20. The Morgan fingerprint density at radius 1 is 1.15 bits per heavy atom. The Balaban J connectivity index is 0.000000396. The highest BCUT2D eigenvalue weighted by Gasteiger charge is 2.12. The number of hydrogen-bond acceptors (Lipinski definition) is 1. The highest BCUT2D eigenvalue weighted by atomic mass is 16.1. The van der Waals surface area contributed by atoms with Crippen molar-refractivity contribution in [3.8, 4) is 0 Å². The van der Waals surface area contributed by atoms with Gasteiger partial charge < -0.3 is 5.32 Å². The van der Waals surface area contributed by atoms with Crippen LogP contribution in [0.15, 0.2) is 24.3 Å². The van der Waals surface area contributed by atoms with E-state index in [1.54, 1.807) is 0 Å². The molecule has 1 amide bonds. The summed E-state index contributed by atoms with van der Waals surface area (Å²) < 4.78 is 0. The first-order valence-electron chi connectivity index (χ1n) is 4.74. The second kappa shape index (κ2) is 4.65. The molecule has 0 atom stereocenters. The van der Waals surface area contributed by atoms with Crippen LogP contribution in [0.1, 0.15) is 25.8 Å². The molecule has 2 nitrogen and oxygen atoms in total. The topological polar surface area (TPSA) is 29.1 Å². The van der Waals surface area contributed by atoms with E-state index in [9.17, 15) is 4.79 Å². The van der Waals surface area contributed by atoms with Crippen LogP contribution in [0, 0.1) is 0 Å². The van der Waals surface area contributed by atoms with Crippen molar-refractivity contribution < 1.29 is 4.79 Å². The number of fused-ring (bicyclic) bond motifs is 1. The average Bonchev–Trinajstić information content (AvgIpc) is 2.21. The molecule has 1 N–H and O–H groups in total. The summed E-state index contributed by atoms with van der Waals surface area (Å²) in [6.45, 7) is 4.00. The van der Waals surface area contributed by atoms with Crippen LogP contribution in [0.25, 0.3) is 0 Å². The summed E-state index contributed by atoms with van der Waals surface area (Å²) in [6, 6.07) is 7.92. The second-order valence-corrected chi connectivity index (χ2v) is 2.71. The summed E-state index contributed by atoms with van der Waals surface area (Å²) in [7, 11) is 0. The Morgan fingerprint density at radius 3 is 2.62 bits per heavy atom. The van der Waals surface area contributed by atoms with Gasteiger partial charge in [0.15, 0.2) is 0 Å². The van der Waals surface area contributed by atoms with Crippen molar-refractivity contribution in [2.75, 3.05) is 5.32 Å². The lowest BCUT2D eigenvalue weighted by Crippen LogP contribution is -2.18. The van der Waals surface area contributed by atoms with Crippen molar-refractivity contribution in [1.82, 2.24) is 0 Å². The minimum atomic E-state index is 0.128. The molecule has 1 aliphatic rings. The SMILES string of the molecule is CC.O=C1CCc2ccccc2N1. The molecule has 1 aliphatic heterocycles. The number of aryl methyl sites for hydroxylation is 1. The Hall–Kier alpha value is -1.31. The molecule has 0 aliphatic carbocycles. The number of benzene rings is 1. The van der Waals surface area contributed by atoms with E-state index in [1.807, 2.05) is 32.0 Å². The van der Waals surface area contributed by atoms with Crippen molar-refractivity contribution in [3.63, 3.8) is 0 Å². The molecule has 1 aromatic rings. The molecule has 70 valence electrons. The number of anilines is 1. The lowest BCUT2D eigenvalue weighted by Gasteiger charge is -2.15. The molecule has 0 spiro atoms. The zero-order valence-electron chi connectivity index (χ0n) is 8.13. The number of amides is 1. The van der Waals surface area contributed by atoms with Crippen LogP contribution in [0.5, 0.6) is 0 Å². The molecule has 1 aromatic carbocycles. The van der Waals surface area contributed by atoms with Crippen LogP contribution in [-0.2, 0) is 11.2 Å². The Morgan fingerprint density at radius 2 is 1.85 bits per heavy atom. The molecule has 0 unspecified atom stereocenters. The summed E-state index contributed by atoms with van der Waals surface area (Å²) in [4.78, 5) is 10.9. The van der Waals surface area contributed by atoms with E-state index in [2.05, 4.69) is 11.4 Å². The first-order valence-corrected chi connectivity index (χ1v) is 4.74. The van der Waals surface area contributed by atoms with Crippen LogP contribution in [0.4, 0.5) is 5.69 Å². The summed E-state index contributed by atoms with van der Waals surface area (Å²) in [5.74, 6) is 0.128. The fourth-order valence-corrected chi connectivity index (χ4v) is 1.32. The minimum absolute atomic E-state index is 0.128. The largest absolute Gasteiger partial charge is 0.326 e. The molecule has 0 saturated carbocycles. The molecule has 0 aromatic heterocycles. The molecule has 2 rings (SSSR count). The Labute approximate surface area is 79.0 Å². The predicted molar refractivity (Wildman–Crippen MR) is 54.7 cm³/mol. The number of para-hydroxylation sites is 1. The lowest BCUT2D eigenvalue weighted by atomic mass is 10.0. The first kappa shape index (κ1) is 9.78. The molecular weight excluding hydrogens is 162 g/mol. The second-order valence-electron chi connectivity index (χ2n) is 2.71. The van der Waals surface area contributed by atoms with Crippen molar-refractivity contribution in [2.24, 2.45) is 0 Å². The Bertz CT molecular complexity index is 294. The van der Waals surface area contributed by atoms with E-state index in [0.29, 0.717) is 6.42 Å². The number of carbonyl (C=O) groups is 1. The van der Waals surface area contributed by atoms with E-state index in [0.717, 1.165) is 12.1 Å². The van der Waals surface area contributed by atoms with Gasteiger partial charge in [-0.25, -0.2) is 0 Å². The van der Waals surface area contributed by atoms with Gasteiger partial charge >= 0.3 is 0 Å². The van der Waals surface area contributed by atoms with Crippen molar-refractivity contribution in [3.05, 3.63) is 29.8 Å². The zero-order valence-corrected chi connectivity index (χ0v) is 8.13. The standard InChI is InChI=1S/C9H9NO.C2H6/c11-9-6-5-7-3-1-2-4-8(7)10-9;1-2/h1-4H,5-6H2,(H,10,11);1-2H3. The van der Waals surface area contributed by atoms with Gasteiger partial charge in [-0.1, -0.05) is 32.0 Å². The highest BCUT2D eigenvalue weighted by molar-refractivity contribution is 5.93. The molecule has 0 bridgehead atoms. The van der Waals surface area contributed by atoms with Gasteiger partial charge in [-0.15, -0.1) is 0 Å². The number of hydrogen-bond donors (Lipinski definition) is 1. The van der Waals surface area contributed by atoms with Crippen LogP contribution in [0.3, 0.4) is 0 Å². The molecular formula is C11H15NO. The van der Waals surface area contributed by atoms with Crippen LogP contribution in [0.2, 0.25) is 0 Å². The van der Waals surface area contributed by atoms with E-state index in [1.165, 1.54) is 5.56 Å². The fourth-order valence-electron chi connectivity index (χ4n) is 1.32. The Kier molecular flexibility index (Phi) is 3.50. The summed E-state index contributed by atoms with van der Waals surface area (Å²) in [5.41, 5.74) is 2.22. The maximum Gasteiger partial charge on any atom is 0.224 e.